The Hall–Kier alpha value is -1.95. The number of hydrogen-bond acceptors (Lipinski definition) is 3. The molecule has 0 radical (unpaired) electrons. The predicted molar refractivity (Wildman–Crippen MR) is 107 cm³/mol. The van der Waals surface area contributed by atoms with Crippen molar-refractivity contribution in [1.82, 2.24) is 10.6 Å². The Balaban J connectivity index is 0.00000261. The molecule has 1 aliphatic heterocycles. The predicted octanol–water partition coefficient (Wildman–Crippen LogP) is 3.35. The van der Waals surface area contributed by atoms with Crippen LogP contribution < -0.4 is 10.6 Å². The fourth-order valence-electron chi connectivity index (χ4n) is 3.19. The Bertz CT molecular complexity index is 721. The smallest absolute Gasteiger partial charge is 0.254 e. The first-order valence-electron chi connectivity index (χ1n) is 9.11. The van der Waals surface area contributed by atoms with Crippen molar-refractivity contribution < 1.29 is 13.9 Å². The van der Waals surface area contributed by atoms with Gasteiger partial charge < -0.3 is 15.4 Å². The first kappa shape index (κ1) is 21.4. The lowest BCUT2D eigenvalue weighted by atomic mass is 9.97. The summed E-state index contributed by atoms with van der Waals surface area (Å²) in [7, 11) is 0. The maximum absolute atomic E-state index is 14.0. The minimum atomic E-state index is -0.485. The highest BCUT2D eigenvalue weighted by Crippen LogP contribution is 2.18. The molecule has 1 atom stereocenters. The summed E-state index contributed by atoms with van der Waals surface area (Å²) in [5.41, 5.74) is 2.20. The Morgan fingerprint density at radius 1 is 1.19 bits per heavy atom. The molecule has 6 heteroatoms. The molecule has 1 fully saturated rings. The number of benzene rings is 2. The van der Waals surface area contributed by atoms with Crippen LogP contribution in [0.2, 0.25) is 0 Å². The fraction of sp³-hybridized carbons (Fsp3) is 0.381. The molecule has 2 N–H and O–H groups in total. The quantitative estimate of drug-likeness (QED) is 0.677. The summed E-state index contributed by atoms with van der Waals surface area (Å²) in [6.07, 6.45) is 1.99. The third-order valence-corrected chi connectivity index (χ3v) is 4.61. The molecule has 0 bridgehead atoms. The summed E-state index contributed by atoms with van der Waals surface area (Å²) in [6, 6.07) is 14.7. The fourth-order valence-corrected chi connectivity index (χ4v) is 3.19. The second-order valence-corrected chi connectivity index (χ2v) is 6.67. The summed E-state index contributed by atoms with van der Waals surface area (Å²) in [5.74, 6) is -0.319. The average Bonchev–Trinajstić information content (AvgIpc) is 3.17. The molecule has 1 aliphatic rings. The van der Waals surface area contributed by atoms with Crippen molar-refractivity contribution in [3.63, 3.8) is 0 Å². The zero-order chi connectivity index (χ0) is 18.2. The van der Waals surface area contributed by atoms with Crippen LogP contribution in [0.4, 0.5) is 4.39 Å². The van der Waals surface area contributed by atoms with Crippen molar-refractivity contribution in [2.75, 3.05) is 26.2 Å². The van der Waals surface area contributed by atoms with Gasteiger partial charge in [0.15, 0.2) is 0 Å². The van der Waals surface area contributed by atoms with Gasteiger partial charge in [-0.05, 0) is 55.1 Å². The first-order valence-corrected chi connectivity index (χ1v) is 9.11. The van der Waals surface area contributed by atoms with Crippen LogP contribution in [-0.4, -0.2) is 32.1 Å². The number of rotatable bonds is 8. The molecule has 0 saturated carbocycles. The van der Waals surface area contributed by atoms with Gasteiger partial charge in [0.05, 0.1) is 18.8 Å². The summed E-state index contributed by atoms with van der Waals surface area (Å²) in [5, 5.41) is 6.06. The SMILES string of the molecule is Cl.O=C(NCCOCc1ccccc1)c1cc(CC2CCNC2)ccc1F. The van der Waals surface area contributed by atoms with Crippen LogP contribution in [0.25, 0.3) is 0 Å². The lowest BCUT2D eigenvalue weighted by Crippen LogP contribution is -2.28. The highest BCUT2D eigenvalue weighted by molar-refractivity contribution is 5.94. The van der Waals surface area contributed by atoms with E-state index in [1.165, 1.54) is 6.07 Å². The van der Waals surface area contributed by atoms with E-state index in [-0.39, 0.29) is 18.0 Å². The van der Waals surface area contributed by atoms with Gasteiger partial charge in [0.25, 0.3) is 5.91 Å². The van der Waals surface area contributed by atoms with Crippen molar-refractivity contribution in [3.05, 3.63) is 71.0 Å². The van der Waals surface area contributed by atoms with Crippen LogP contribution in [0.3, 0.4) is 0 Å². The van der Waals surface area contributed by atoms with Crippen LogP contribution >= 0.6 is 12.4 Å². The van der Waals surface area contributed by atoms with Gasteiger partial charge in [-0.25, -0.2) is 4.39 Å². The molecule has 4 nitrogen and oxygen atoms in total. The maximum Gasteiger partial charge on any atom is 0.254 e. The van der Waals surface area contributed by atoms with Crippen LogP contribution in [0.1, 0.15) is 27.9 Å². The highest BCUT2D eigenvalue weighted by atomic mass is 35.5. The number of halogens is 2. The van der Waals surface area contributed by atoms with E-state index in [4.69, 9.17) is 4.74 Å². The standard InChI is InChI=1S/C21H25FN2O2.ClH/c22-20-7-6-17(12-18-8-9-23-14-18)13-19(20)21(25)24-10-11-26-15-16-4-2-1-3-5-16;/h1-7,13,18,23H,8-12,14-15H2,(H,24,25);1H. The monoisotopic (exact) mass is 392 g/mol. The zero-order valence-corrected chi connectivity index (χ0v) is 16.1. The molecule has 3 rings (SSSR count). The van der Waals surface area contributed by atoms with Crippen molar-refractivity contribution in [3.8, 4) is 0 Å². The molecular formula is C21H26ClFN2O2. The number of nitrogens with one attached hydrogen (secondary N) is 2. The third-order valence-electron chi connectivity index (χ3n) is 4.61. The molecule has 0 aromatic heterocycles. The van der Waals surface area contributed by atoms with Gasteiger partial charge in [0, 0.05) is 6.54 Å². The molecule has 0 aliphatic carbocycles. The van der Waals surface area contributed by atoms with Crippen molar-refractivity contribution in [2.24, 2.45) is 5.92 Å². The van der Waals surface area contributed by atoms with Gasteiger partial charge in [-0.1, -0.05) is 36.4 Å². The van der Waals surface area contributed by atoms with Crippen molar-refractivity contribution >= 4 is 18.3 Å². The minimum absolute atomic E-state index is 0. The minimum Gasteiger partial charge on any atom is -0.375 e. The normalized spacial score (nSPS) is 16.0. The molecule has 27 heavy (non-hydrogen) atoms. The maximum atomic E-state index is 14.0. The lowest BCUT2D eigenvalue weighted by Gasteiger charge is -2.11. The second-order valence-electron chi connectivity index (χ2n) is 6.67. The van der Waals surface area contributed by atoms with Gasteiger partial charge in [-0.15, -0.1) is 12.4 Å². The molecule has 1 saturated heterocycles. The number of carbonyl (C=O) groups is 1. The van der Waals surface area contributed by atoms with Crippen LogP contribution in [-0.2, 0) is 17.8 Å². The lowest BCUT2D eigenvalue weighted by molar-refractivity contribution is 0.0897. The van der Waals surface area contributed by atoms with Crippen LogP contribution in [0, 0.1) is 11.7 Å². The van der Waals surface area contributed by atoms with Gasteiger partial charge in [0.1, 0.15) is 5.82 Å². The molecule has 1 unspecified atom stereocenters. The van der Waals surface area contributed by atoms with Gasteiger partial charge >= 0.3 is 0 Å². The number of amides is 1. The molecule has 146 valence electrons. The Kier molecular flexibility index (Phi) is 8.72. The molecule has 0 spiro atoms. The highest BCUT2D eigenvalue weighted by Gasteiger charge is 2.17. The summed E-state index contributed by atoms with van der Waals surface area (Å²) >= 11 is 0. The van der Waals surface area contributed by atoms with Crippen molar-refractivity contribution in [1.29, 1.82) is 0 Å². The number of carbonyl (C=O) groups excluding carboxylic acids is 1. The number of ether oxygens (including phenoxy) is 1. The average molecular weight is 393 g/mol. The van der Waals surface area contributed by atoms with E-state index in [0.717, 1.165) is 37.1 Å². The molecule has 1 amide bonds. The molecule has 1 heterocycles. The molecule has 2 aromatic carbocycles. The van der Waals surface area contributed by atoms with Crippen LogP contribution in [0.15, 0.2) is 48.5 Å². The van der Waals surface area contributed by atoms with E-state index < -0.39 is 11.7 Å². The van der Waals surface area contributed by atoms with E-state index in [0.29, 0.717) is 25.7 Å². The summed E-state index contributed by atoms with van der Waals surface area (Å²) in [6.45, 7) is 3.24. The van der Waals surface area contributed by atoms with E-state index in [1.54, 1.807) is 12.1 Å². The van der Waals surface area contributed by atoms with Gasteiger partial charge in [-0.3, -0.25) is 4.79 Å². The Morgan fingerprint density at radius 2 is 2.00 bits per heavy atom. The first-order chi connectivity index (χ1) is 12.7. The third kappa shape index (κ3) is 6.61. The van der Waals surface area contributed by atoms with E-state index >= 15 is 0 Å². The molecule has 2 aromatic rings. The Labute approximate surface area is 165 Å². The topological polar surface area (TPSA) is 50.4 Å². The zero-order valence-electron chi connectivity index (χ0n) is 15.2. The van der Waals surface area contributed by atoms with Crippen LogP contribution in [0.5, 0.6) is 0 Å². The van der Waals surface area contributed by atoms with Gasteiger partial charge in [0.2, 0.25) is 0 Å². The summed E-state index contributed by atoms with van der Waals surface area (Å²) in [4.78, 5) is 12.3. The van der Waals surface area contributed by atoms with E-state index in [2.05, 4.69) is 10.6 Å². The van der Waals surface area contributed by atoms with E-state index in [1.807, 2.05) is 30.3 Å². The molecular weight excluding hydrogens is 367 g/mol. The second kappa shape index (κ2) is 11.0. The largest absolute Gasteiger partial charge is 0.375 e. The summed E-state index contributed by atoms with van der Waals surface area (Å²) < 4.78 is 19.6. The van der Waals surface area contributed by atoms with Gasteiger partial charge in [-0.2, -0.15) is 0 Å². The van der Waals surface area contributed by atoms with Crippen molar-refractivity contribution in [2.45, 2.75) is 19.4 Å². The number of hydrogen-bond donors (Lipinski definition) is 2. The Morgan fingerprint density at radius 3 is 2.74 bits per heavy atom. The van der Waals surface area contributed by atoms with E-state index in [9.17, 15) is 9.18 Å².